The third-order valence-corrected chi connectivity index (χ3v) is 2.27. The third kappa shape index (κ3) is 1.12. The van der Waals surface area contributed by atoms with E-state index in [2.05, 4.69) is 27.8 Å². The lowest BCUT2D eigenvalue weighted by Gasteiger charge is -1.91. The normalized spacial score (nSPS) is 15.5. The summed E-state index contributed by atoms with van der Waals surface area (Å²) in [5.74, 6) is 0. The first-order valence-corrected chi connectivity index (χ1v) is 4.27. The molecule has 0 atom stereocenters. The number of aromatic nitrogens is 2. The molecule has 0 spiro atoms. The van der Waals surface area contributed by atoms with Crippen LogP contribution in [0, 0.1) is 0 Å². The quantitative estimate of drug-likeness (QED) is 0.588. The van der Waals surface area contributed by atoms with Gasteiger partial charge < -0.3 is 0 Å². The van der Waals surface area contributed by atoms with Crippen molar-refractivity contribution in [2.45, 2.75) is 13.3 Å². The molecule has 0 unspecified atom stereocenters. The Morgan fingerprint density at radius 2 is 2.36 bits per heavy atom. The highest BCUT2D eigenvalue weighted by Gasteiger charge is 2.07. The lowest BCUT2D eigenvalue weighted by Crippen LogP contribution is -1.81. The van der Waals surface area contributed by atoms with Gasteiger partial charge in [-0.2, -0.15) is 8.75 Å². The van der Waals surface area contributed by atoms with Gasteiger partial charge in [0.25, 0.3) is 0 Å². The molecule has 0 saturated heterocycles. The lowest BCUT2D eigenvalue weighted by atomic mass is 10.2. The van der Waals surface area contributed by atoms with Crippen LogP contribution in [0.1, 0.15) is 24.7 Å². The van der Waals surface area contributed by atoms with Crippen LogP contribution in [-0.2, 0) is 0 Å². The maximum atomic E-state index is 4.21. The maximum absolute atomic E-state index is 4.21. The van der Waals surface area contributed by atoms with Crippen LogP contribution in [0.5, 0.6) is 0 Å². The van der Waals surface area contributed by atoms with Gasteiger partial charge in [0, 0.05) is 0 Å². The molecule has 1 aliphatic rings. The van der Waals surface area contributed by atoms with Gasteiger partial charge in [-0.1, -0.05) is 12.2 Å². The van der Waals surface area contributed by atoms with Gasteiger partial charge in [0.1, 0.15) is 11.4 Å². The molecule has 11 heavy (non-hydrogen) atoms. The monoisotopic (exact) mass is 164 g/mol. The zero-order chi connectivity index (χ0) is 7.68. The van der Waals surface area contributed by atoms with Crippen LogP contribution in [0.15, 0.2) is 12.2 Å². The minimum absolute atomic E-state index is 0.995. The first-order chi connectivity index (χ1) is 5.38. The largest absolute Gasteiger partial charge is 0.173 e. The second-order valence-corrected chi connectivity index (χ2v) is 3.05. The molecule has 0 amide bonds. The summed E-state index contributed by atoms with van der Waals surface area (Å²) in [5, 5.41) is 0. The number of rotatable bonds is 0. The van der Waals surface area contributed by atoms with Crippen molar-refractivity contribution >= 4 is 23.4 Å². The summed E-state index contributed by atoms with van der Waals surface area (Å²) < 4.78 is 8.38. The predicted molar refractivity (Wildman–Crippen MR) is 47.2 cm³/mol. The van der Waals surface area contributed by atoms with Crippen LogP contribution in [0.2, 0.25) is 0 Å². The van der Waals surface area contributed by atoms with Gasteiger partial charge in [-0.3, -0.25) is 0 Å². The molecule has 3 heteroatoms. The molecule has 0 aromatic carbocycles. The van der Waals surface area contributed by atoms with Crippen molar-refractivity contribution < 1.29 is 0 Å². The van der Waals surface area contributed by atoms with E-state index < -0.39 is 0 Å². The van der Waals surface area contributed by atoms with E-state index in [1.165, 1.54) is 17.3 Å². The number of fused-ring (bicyclic) bond motifs is 1. The van der Waals surface area contributed by atoms with Crippen LogP contribution in [-0.4, -0.2) is 8.75 Å². The van der Waals surface area contributed by atoms with Crippen molar-refractivity contribution in [3.05, 3.63) is 23.5 Å². The van der Waals surface area contributed by atoms with Crippen molar-refractivity contribution in [2.75, 3.05) is 0 Å². The highest BCUT2D eigenvalue weighted by atomic mass is 32.1. The molecular formula is C8H8N2S. The van der Waals surface area contributed by atoms with Gasteiger partial charge in [-0.25, -0.2) is 0 Å². The van der Waals surface area contributed by atoms with E-state index in [-0.39, 0.29) is 0 Å². The second kappa shape index (κ2) is 2.58. The molecular weight excluding hydrogens is 156 g/mol. The smallest absolute Gasteiger partial charge is 0.107 e. The summed E-state index contributed by atoms with van der Waals surface area (Å²) in [6.45, 7) is 2.08. The zero-order valence-corrected chi connectivity index (χ0v) is 7.06. The van der Waals surface area contributed by atoms with Gasteiger partial charge in [0.05, 0.1) is 11.7 Å². The summed E-state index contributed by atoms with van der Waals surface area (Å²) in [4.78, 5) is 0. The predicted octanol–water partition coefficient (Wildman–Crippen LogP) is 2.36. The summed E-state index contributed by atoms with van der Waals surface area (Å²) in [6, 6.07) is 0. The number of allylic oxidation sites excluding steroid dienone is 3. The van der Waals surface area contributed by atoms with Crippen molar-refractivity contribution in [3.8, 4) is 0 Å². The Balaban J connectivity index is 2.59. The molecule has 1 heterocycles. The van der Waals surface area contributed by atoms with Crippen LogP contribution in [0.4, 0.5) is 0 Å². The molecule has 56 valence electrons. The Bertz CT molecular complexity index is 323. The third-order valence-electron chi connectivity index (χ3n) is 1.72. The fraction of sp³-hybridized carbons (Fsp3) is 0.250. The molecule has 1 aliphatic carbocycles. The zero-order valence-electron chi connectivity index (χ0n) is 6.24. The summed E-state index contributed by atoms with van der Waals surface area (Å²) in [6.07, 6.45) is 7.31. The SMILES string of the molecule is CC1=CCC=Cc2nsnc21. The number of hydrogen-bond acceptors (Lipinski definition) is 3. The van der Waals surface area contributed by atoms with Gasteiger partial charge >= 0.3 is 0 Å². The second-order valence-electron chi connectivity index (χ2n) is 2.52. The summed E-state index contributed by atoms with van der Waals surface area (Å²) >= 11 is 1.28. The molecule has 0 saturated carbocycles. The van der Waals surface area contributed by atoms with Gasteiger partial charge in [0.2, 0.25) is 0 Å². The van der Waals surface area contributed by atoms with Gasteiger partial charge in [0.15, 0.2) is 0 Å². The van der Waals surface area contributed by atoms with Crippen LogP contribution < -0.4 is 0 Å². The van der Waals surface area contributed by atoms with Crippen LogP contribution in [0.25, 0.3) is 11.6 Å². The fourth-order valence-electron chi connectivity index (χ4n) is 1.10. The average molecular weight is 164 g/mol. The molecule has 0 fully saturated rings. The van der Waals surface area contributed by atoms with Crippen molar-refractivity contribution in [1.29, 1.82) is 0 Å². The van der Waals surface area contributed by atoms with E-state index >= 15 is 0 Å². The van der Waals surface area contributed by atoms with E-state index in [9.17, 15) is 0 Å². The average Bonchev–Trinajstić information content (AvgIpc) is 2.40. The van der Waals surface area contributed by atoms with Crippen molar-refractivity contribution in [1.82, 2.24) is 8.75 Å². The Hall–Kier alpha value is -0.960. The Labute approximate surface area is 69.6 Å². The van der Waals surface area contributed by atoms with E-state index in [0.717, 1.165) is 17.8 Å². The first-order valence-electron chi connectivity index (χ1n) is 3.54. The molecule has 1 aromatic rings. The summed E-state index contributed by atoms with van der Waals surface area (Å²) in [7, 11) is 0. The van der Waals surface area contributed by atoms with Crippen LogP contribution >= 0.6 is 11.7 Å². The van der Waals surface area contributed by atoms with Crippen LogP contribution in [0.3, 0.4) is 0 Å². The fourth-order valence-corrected chi connectivity index (χ4v) is 1.70. The lowest BCUT2D eigenvalue weighted by molar-refractivity contribution is 1.37. The van der Waals surface area contributed by atoms with E-state index in [4.69, 9.17) is 0 Å². The summed E-state index contributed by atoms with van der Waals surface area (Å²) in [5.41, 5.74) is 3.30. The van der Waals surface area contributed by atoms with Gasteiger partial charge in [-0.05, 0) is 25.0 Å². The Kier molecular flexibility index (Phi) is 1.58. The molecule has 0 aliphatic heterocycles. The minimum Gasteiger partial charge on any atom is -0.173 e. The van der Waals surface area contributed by atoms with Crippen molar-refractivity contribution in [2.24, 2.45) is 0 Å². The molecule has 0 radical (unpaired) electrons. The highest BCUT2D eigenvalue weighted by molar-refractivity contribution is 6.99. The molecule has 0 bridgehead atoms. The first kappa shape index (κ1) is 6.73. The Morgan fingerprint density at radius 1 is 1.45 bits per heavy atom. The molecule has 0 N–H and O–H groups in total. The minimum atomic E-state index is 0.995. The molecule has 1 aromatic heterocycles. The van der Waals surface area contributed by atoms with E-state index in [0.29, 0.717) is 0 Å². The van der Waals surface area contributed by atoms with E-state index in [1.54, 1.807) is 0 Å². The Morgan fingerprint density at radius 3 is 3.27 bits per heavy atom. The van der Waals surface area contributed by atoms with E-state index in [1.807, 2.05) is 6.08 Å². The van der Waals surface area contributed by atoms with Gasteiger partial charge in [-0.15, -0.1) is 0 Å². The van der Waals surface area contributed by atoms with Crippen molar-refractivity contribution in [3.63, 3.8) is 0 Å². The number of nitrogens with zero attached hydrogens (tertiary/aromatic N) is 2. The molecule has 2 rings (SSSR count). The number of hydrogen-bond donors (Lipinski definition) is 0. The standard InChI is InChI=1S/C8H8N2S/c1-6-4-2-3-5-7-8(6)10-11-9-7/h3-5H,2H2,1H3. The maximum Gasteiger partial charge on any atom is 0.107 e. The topological polar surface area (TPSA) is 25.8 Å². The highest BCUT2D eigenvalue weighted by Crippen LogP contribution is 2.21. The molecule has 2 nitrogen and oxygen atoms in total.